The van der Waals surface area contributed by atoms with Crippen molar-refractivity contribution in [3.05, 3.63) is 0 Å². The number of likely N-dealkylation sites (tertiary alicyclic amines) is 1. The second-order valence-corrected chi connectivity index (χ2v) is 4.03. The first-order valence-corrected chi connectivity index (χ1v) is 4.75. The molecule has 0 aromatic rings. The third-order valence-electron chi connectivity index (χ3n) is 2.66. The van der Waals surface area contributed by atoms with E-state index in [2.05, 4.69) is 11.9 Å². The van der Waals surface area contributed by atoms with Crippen molar-refractivity contribution in [2.24, 2.45) is 5.73 Å². The molecule has 0 aromatic heterocycles. The maximum Gasteiger partial charge on any atom is 0.0449 e. The maximum atomic E-state index is 8.86. The summed E-state index contributed by atoms with van der Waals surface area (Å²) in [4.78, 5) is 2.27. The van der Waals surface area contributed by atoms with Gasteiger partial charge in [0.2, 0.25) is 0 Å². The van der Waals surface area contributed by atoms with E-state index in [1.54, 1.807) is 0 Å². The van der Waals surface area contributed by atoms with E-state index in [4.69, 9.17) is 10.8 Å². The average molecular weight is 172 g/mol. The molecule has 1 saturated heterocycles. The summed E-state index contributed by atoms with van der Waals surface area (Å²) in [5.74, 6) is 0. The van der Waals surface area contributed by atoms with Crippen LogP contribution in [-0.2, 0) is 0 Å². The van der Waals surface area contributed by atoms with Crippen molar-refractivity contribution in [2.75, 3.05) is 26.7 Å². The fourth-order valence-corrected chi connectivity index (χ4v) is 1.98. The molecule has 0 aliphatic carbocycles. The van der Waals surface area contributed by atoms with Crippen LogP contribution in [-0.4, -0.2) is 42.3 Å². The smallest absolute Gasteiger partial charge is 0.0449 e. The van der Waals surface area contributed by atoms with Crippen LogP contribution in [0.4, 0.5) is 0 Å². The van der Waals surface area contributed by atoms with E-state index in [0.29, 0.717) is 0 Å². The molecule has 0 saturated carbocycles. The molecule has 0 amide bonds. The fraction of sp³-hybridized carbons (Fsp3) is 1.00. The summed E-state index contributed by atoms with van der Waals surface area (Å²) in [5.41, 5.74) is 6.02. The Hall–Kier alpha value is -0.120. The van der Waals surface area contributed by atoms with Gasteiger partial charge in [-0.3, -0.25) is 0 Å². The van der Waals surface area contributed by atoms with Gasteiger partial charge in [-0.15, -0.1) is 0 Å². The Morgan fingerprint density at radius 1 is 1.50 bits per heavy atom. The molecule has 1 aliphatic rings. The van der Waals surface area contributed by atoms with Crippen LogP contribution in [0, 0.1) is 0 Å². The molecular formula is C9H20N2O. The Kier molecular flexibility index (Phi) is 3.50. The van der Waals surface area contributed by atoms with Gasteiger partial charge in [-0.05, 0) is 32.9 Å². The number of aliphatic hydroxyl groups is 1. The average Bonchev–Trinajstić information content (AvgIpc) is 2.12. The highest BCUT2D eigenvalue weighted by Gasteiger charge is 2.27. The lowest BCUT2D eigenvalue weighted by molar-refractivity contribution is 0.198. The molecule has 1 heterocycles. The van der Waals surface area contributed by atoms with Gasteiger partial charge in [-0.1, -0.05) is 6.42 Å². The molecule has 1 rings (SSSR count). The first-order valence-electron chi connectivity index (χ1n) is 4.75. The number of nitrogens with zero attached hydrogens (tertiary/aromatic N) is 1. The van der Waals surface area contributed by atoms with Crippen molar-refractivity contribution in [1.82, 2.24) is 4.90 Å². The highest BCUT2D eigenvalue weighted by Crippen LogP contribution is 2.20. The van der Waals surface area contributed by atoms with Crippen molar-refractivity contribution in [1.29, 1.82) is 0 Å². The number of nitrogens with two attached hydrogens (primary N) is 1. The molecule has 0 bridgehead atoms. The Morgan fingerprint density at radius 3 is 2.92 bits per heavy atom. The van der Waals surface area contributed by atoms with Gasteiger partial charge < -0.3 is 15.7 Å². The summed E-state index contributed by atoms with van der Waals surface area (Å²) in [6, 6.07) is 0. The van der Waals surface area contributed by atoms with Crippen LogP contribution < -0.4 is 5.73 Å². The van der Waals surface area contributed by atoms with E-state index in [-0.39, 0.29) is 12.1 Å². The van der Waals surface area contributed by atoms with Crippen molar-refractivity contribution in [3.63, 3.8) is 0 Å². The highest BCUT2D eigenvalue weighted by molar-refractivity contribution is 4.88. The molecule has 1 aliphatic heterocycles. The van der Waals surface area contributed by atoms with Crippen LogP contribution in [0.2, 0.25) is 0 Å². The number of rotatable bonds is 2. The van der Waals surface area contributed by atoms with Gasteiger partial charge in [0, 0.05) is 18.7 Å². The summed E-state index contributed by atoms with van der Waals surface area (Å²) in [6.45, 7) is 2.28. The summed E-state index contributed by atoms with van der Waals surface area (Å²) >= 11 is 0. The molecule has 0 aromatic carbocycles. The lowest BCUT2D eigenvalue weighted by Crippen LogP contribution is -2.48. The zero-order valence-corrected chi connectivity index (χ0v) is 7.92. The standard InChI is InChI=1S/C9H20N2O/c1-11-6-3-2-4-9(10,8-11)5-7-12/h12H,2-8,10H2,1H3. The minimum Gasteiger partial charge on any atom is -0.396 e. The Balaban J connectivity index is 2.49. The van der Waals surface area contributed by atoms with Crippen LogP contribution in [0.5, 0.6) is 0 Å². The molecular weight excluding hydrogens is 152 g/mol. The minimum atomic E-state index is -0.139. The molecule has 3 heteroatoms. The Morgan fingerprint density at radius 2 is 2.25 bits per heavy atom. The maximum absolute atomic E-state index is 8.86. The van der Waals surface area contributed by atoms with Gasteiger partial charge in [-0.2, -0.15) is 0 Å². The van der Waals surface area contributed by atoms with Crippen LogP contribution in [0.3, 0.4) is 0 Å². The van der Waals surface area contributed by atoms with Gasteiger partial charge in [0.1, 0.15) is 0 Å². The number of aliphatic hydroxyl groups excluding tert-OH is 1. The van der Waals surface area contributed by atoms with Crippen LogP contribution in [0.1, 0.15) is 25.7 Å². The molecule has 72 valence electrons. The summed E-state index contributed by atoms with van der Waals surface area (Å²) in [5, 5.41) is 8.86. The van der Waals surface area contributed by atoms with Crippen LogP contribution >= 0.6 is 0 Å². The van der Waals surface area contributed by atoms with E-state index >= 15 is 0 Å². The monoisotopic (exact) mass is 172 g/mol. The molecule has 3 nitrogen and oxygen atoms in total. The fourth-order valence-electron chi connectivity index (χ4n) is 1.98. The predicted molar refractivity (Wildman–Crippen MR) is 50.0 cm³/mol. The van der Waals surface area contributed by atoms with E-state index < -0.39 is 0 Å². The number of likely N-dealkylation sites (N-methyl/N-ethyl adjacent to an activating group) is 1. The van der Waals surface area contributed by atoms with Gasteiger partial charge >= 0.3 is 0 Å². The zero-order chi connectivity index (χ0) is 9.03. The summed E-state index contributed by atoms with van der Waals surface area (Å²) < 4.78 is 0. The van der Waals surface area contributed by atoms with Crippen molar-refractivity contribution in [2.45, 2.75) is 31.2 Å². The van der Waals surface area contributed by atoms with Crippen molar-refractivity contribution in [3.8, 4) is 0 Å². The van der Waals surface area contributed by atoms with Gasteiger partial charge in [-0.25, -0.2) is 0 Å². The molecule has 0 radical (unpaired) electrons. The number of hydrogen-bond acceptors (Lipinski definition) is 3. The predicted octanol–water partition coefficient (Wildman–Crippen LogP) is 0.182. The molecule has 1 atom stereocenters. The first-order chi connectivity index (χ1) is 5.66. The quantitative estimate of drug-likeness (QED) is 0.625. The third kappa shape index (κ3) is 2.73. The largest absolute Gasteiger partial charge is 0.396 e. The van der Waals surface area contributed by atoms with Crippen LogP contribution in [0.15, 0.2) is 0 Å². The summed E-state index contributed by atoms with van der Waals surface area (Å²) in [6.07, 6.45) is 4.22. The van der Waals surface area contributed by atoms with E-state index in [1.807, 2.05) is 0 Å². The normalized spacial score (nSPS) is 33.2. The highest BCUT2D eigenvalue weighted by atomic mass is 16.3. The van der Waals surface area contributed by atoms with Crippen molar-refractivity contribution >= 4 is 0 Å². The molecule has 12 heavy (non-hydrogen) atoms. The molecule has 1 unspecified atom stereocenters. The lowest BCUT2D eigenvalue weighted by Gasteiger charge is -2.30. The number of hydrogen-bond donors (Lipinski definition) is 2. The van der Waals surface area contributed by atoms with Crippen molar-refractivity contribution < 1.29 is 5.11 Å². The van der Waals surface area contributed by atoms with E-state index in [9.17, 15) is 0 Å². The molecule has 3 N–H and O–H groups in total. The summed E-state index contributed by atoms with van der Waals surface area (Å²) in [7, 11) is 2.10. The Labute approximate surface area is 74.5 Å². The molecule has 1 fully saturated rings. The first kappa shape index (κ1) is 9.96. The molecule has 0 spiro atoms. The second kappa shape index (κ2) is 4.21. The van der Waals surface area contributed by atoms with E-state index in [1.165, 1.54) is 12.8 Å². The van der Waals surface area contributed by atoms with Crippen LogP contribution in [0.25, 0.3) is 0 Å². The minimum absolute atomic E-state index is 0.139. The van der Waals surface area contributed by atoms with Gasteiger partial charge in [0.25, 0.3) is 0 Å². The van der Waals surface area contributed by atoms with E-state index in [0.717, 1.165) is 25.9 Å². The zero-order valence-electron chi connectivity index (χ0n) is 7.92. The van der Waals surface area contributed by atoms with Gasteiger partial charge in [0.15, 0.2) is 0 Å². The topological polar surface area (TPSA) is 49.5 Å². The SMILES string of the molecule is CN1CCCCC(N)(CCO)C1. The second-order valence-electron chi connectivity index (χ2n) is 4.03. The van der Waals surface area contributed by atoms with Gasteiger partial charge in [0.05, 0.1) is 0 Å². The lowest BCUT2D eigenvalue weighted by atomic mass is 9.91. The third-order valence-corrected chi connectivity index (χ3v) is 2.66. The Bertz CT molecular complexity index is 140.